The molecular formula is C13H17BrCl2N2O2S. The highest BCUT2D eigenvalue weighted by Crippen LogP contribution is 2.32. The van der Waals surface area contributed by atoms with Gasteiger partial charge >= 0.3 is 0 Å². The molecule has 0 aromatic heterocycles. The van der Waals surface area contributed by atoms with Crippen LogP contribution in [0.15, 0.2) is 21.5 Å². The van der Waals surface area contributed by atoms with Gasteiger partial charge in [0.1, 0.15) is 4.90 Å². The Balaban J connectivity index is 2.16. The highest BCUT2D eigenvalue weighted by atomic mass is 79.9. The lowest BCUT2D eigenvalue weighted by molar-refractivity contribution is 0.268. The van der Waals surface area contributed by atoms with Crippen molar-refractivity contribution in [1.82, 2.24) is 9.62 Å². The molecule has 1 aromatic carbocycles. The Morgan fingerprint density at radius 2 is 2.00 bits per heavy atom. The van der Waals surface area contributed by atoms with Crippen LogP contribution in [0.1, 0.15) is 19.8 Å². The monoisotopic (exact) mass is 414 g/mol. The van der Waals surface area contributed by atoms with Gasteiger partial charge in [-0.1, -0.05) is 46.1 Å². The fraction of sp³-hybridized carbons (Fsp3) is 0.538. The van der Waals surface area contributed by atoms with E-state index in [9.17, 15) is 8.42 Å². The maximum Gasteiger partial charge on any atom is 0.243 e. The van der Waals surface area contributed by atoms with E-state index in [0.717, 1.165) is 25.9 Å². The van der Waals surface area contributed by atoms with Gasteiger partial charge in [0, 0.05) is 17.1 Å². The van der Waals surface area contributed by atoms with Crippen LogP contribution in [0.4, 0.5) is 0 Å². The summed E-state index contributed by atoms with van der Waals surface area (Å²) in [6, 6.07) is 3.28. The van der Waals surface area contributed by atoms with E-state index in [-0.39, 0.29) is 21.0 Å². The van der Waals surface area contributed by atoms with E-state index >= 15 is 0 Å². The third-order valence-corrected chi connectivity index (χ3v) is 6.45. The fourth-order valence-electron chi connectivity index (χ4n) is 2.61. The minimum atomic E-state index is -3.72. The van der Waals surface area contributed by atoms with Gasteiger partial charge in [0.05, 0.1) is 10.0 Å². The summed E-state index contributed by atoms with van der Waals surface area (Å²) in [5, 5.41) is 0.223. The van der Waals surface area contributed by atoms with Gasteiger partial charge in [-0.2, -0.15) is 0 Å². The highest BCUT2D eigenvalue weighted by molar-refractivity contribution is 9.10. The van der Waals surface area contributed by atoms with Crippen molar-refractivity contribution < 1.29 is 8.42 Å². The first kappa shape index (κ1) is 17.5. The number of nitrogens with one attached hydrogen (secondary N) is 1. The number of benzene rings is 1. The summed E-state index contributed by atoms with van der Waals surface area (Å²) in [6.45, 7) is 4.39. The van der Waals surface area contributed by atoms with Gasteiger partial charge in [-0.15, -0.1) is 0 Å². The summed E-state index contributed by atoms with van der Waals surface area (Å²) < 4.78 is 28.1. The predicted octanol–water partition coefficient (Wildman–Crippen LogP) is 3.52. The van der Waals surface area contributed by atoms with Crippen molar-refractivity contribution in [3.63, 3.8) is 0 Å². The SMILES string of the molecule is CCN1CCCC1CNS(=O)(=O)c1c(Cl)cc(Br)cc1Cl. The van der Waals surface area contributed by atoms with Crippen LogP contribution in [0.2, 0.25) is 10.0 Å². The first-order valence-electron chi connectivity index (χ1n) is 6.73. The summed E-state index contributed by atoms with van der Waals surface area (Å²) >= 11 is 15.3. The molecule has 8 heteroatoms. The van der Waals surface area contributed by atoms with Gasteiger partial charge in [0.15, 0.2) is 0 Å². The lowest BCUT2D eigenvalue weighted by Crippen LogP contribution is -2.40. The van der Waals surface area contributed by atoms with Crippen LogP contribution in [0, 0.1) is 0 Å². The van der Waals surface area contributed by atoms with Crippen LogP contribution in [0.5, 0.6) is 0 Å². The molecule has 4 nitrogen and oxygen atoms in total. The van der Waals surface area contributed by atoms with Crippen LogP contribution in [-0.4, -0.2) is 39.0 Å². The molecule has 21 heavy (non-hydrogen) atoms. The Morgan fingerprint density at radius 3 is 2.57 bits per heavy atom. The summed E-state index contributed by atoms with van der Waals surface area (Å²) in [5.74, 6) is 0. The Morgan fingerprint density at radius 1 is 1.38 bits per heavy atom. The molecule has 1 heterocycles. The molecule has 0 radical (unpaired) electrons. The van der Waals surface area contributed by atoms with E-state index in [1.165, 1.54) is 12.1 Å². The number of sulfonamides is 1. The van der Waals surface area contributed by atoms with Crippen molar-refractivity contribution in [3.05, 3.63) is 26.7 Å². The normalized spacial score (nSPS) is 20.1. The predicted molar refractivity (Wildman–Crippen MR) is 89.6 cm³/mol. The van der Waals surface area contributed by atoms with Crippen molar-refractivity contribution in [2.24, 2.45) is 0 Å². The standard InChI is InChI=1S/C13H17BrCl2N2O2S/c1-2-18-5-3-4-10(18)8-17-21(19,20)13-11(15)6-9(14)7-12(13)16/h6-7,10,17H,2-5,8H2,1H3. The van der Waals surface area contributed by atoms with E-state index < -0.39 is 10.0 Å². The van der Waals surface area contributed by atoms with E-state index in [4.69, 9.17) is 23.2 Å². The smallest absolute Gasteiger partial charge is 0.243 e. The number of hydrogen-bond acceptors (Lipinski definition) is 3. The summed E-state index contributed by atoms with van der Waals surface area (Å²) in [4.78, 5) is 2.21. The molecule has 118 valence electrons. The number of halogens is 3. The molecule has 1 aliphatic heterocycles. The van der Waals surface area contributed by atoms with Crippen LogP contribution >= 0.6 is 39.1 Å². The lowest BCUT2D eigenvalue weighted by Gasteiger charge is -2.23. The Hall–Kier alpha value is 0.150. The second-order valence-electron chi connectivity index (χ2n) is 4.98. The summed E-state index contributed by atoms with van der Waals surface area (Å²) in [6.07, 6.45) is 2.10. The van der Waals surface area contributed by atoms with Gasteiger partial charge in [-0.05, 0) is 38.1 Å². The minimum Gasteiger partial charge on any atom is -0.299 e. The van der Waals surface area contributed by atoms with Gasteiger partial charge in [0.2, 0.25) is 10.0 Å². The maximum atomic E-state index is 12.4. The molecule has 0 aliphatic carbocycles. The van der Waals surface area contributed by atoms with Crippen molar-refractivity contribution >= 4 is 49.2 Å². The van der Waals surface area contributed by atoms with Gasteiger partial charge in [-0.25, -0.2) is 13.1 Å². The third kappa shape index (κ3) is 4.12. The van der Waals surface area contributed by atoms with Crippen molar-refractivity contribution in [2.45, 2.75) is 30.7 Å². The molecule has 1 saturated heterocycles. The average molecular weight is 416 g/mol. The number of likely N-dealkylation sites (tertiary alicyclic amines) is 1. The average Bonchev–Trinajstić information content (AvgIpc) is 2.82. The Bertz CT molecular complexity index is 602. The molecule has 1 unspecified atom stereocenters. The molecule has 1 N–H and O–H groups in total. The molecule has 0 amide bonds. The van der Waals surface area contributed by atoms with E-state index in [1.54, 1.807) is 0 Å². The zero-order valence-electron chi connectivity index (χ0n) is 11.6. The molecule has 1 atom stereocenters. The third-order valence-electron chi connectivity index (χ3n) is 3.65. The fourth-order valence-corrected chi connectivity index (χ4v) is 5.61. The first-order chi connectivity index (χ1) is 9.85. The Kier molecular flexibility index (Phi) is 5.96. The van der Waals surface area contributed by atoms with E-state index in [2.05, 4.69) is 32.5 Å². The van der Waals surface area contributed by atoms with Crippen LogP contribution < -0.4 is 4.72 Å². The highest BCUT2D eigenvalue weighted by Gasteiger charge is 2.27. The molecule has 1 aliphatic rings. The van der Waals surface area contributed by atoms with Crippen LogP contribution in [-0.2, 0) is 10.0 Å². The Labute approximate surface area is 144 Å². The van der Waals surface area contributed by atoms with Crippen molar-refractivity contribution in [1.29, 1.82) is 0 Å². The van der Waals surface area contributed by atoms with Crippen molar-refractivity contribution in [3.8, 4) is 0 Å². The molecule has 0 bridgehead atoms. The quantitative estimate of drug-likeness (QED) is 0.800. The zero-order chi connectivity index (χ0) is 15.6. The van der Waals surface area contributed by atoms with E-state index in [0.29, 0.717) is 11.0 Å². The summed E-state index contributed by atoms with van der Waals surface area (Å²) in [7, 11) is -3.72. The first-order valence-corrected chi connectivity index (χ1v) is 9.76. The van der Waals surface area contributed by atoms with Gasteiger partial charge in [-0.3, -0.25) is 4.90 Å². The zero-order valence-corrected chi connectivity index (χ0v) is 15.5. The van der Waals surface area contributed by atoms with Gasteiger partial charge < -0.3 is 0 Å². The van der Waals surface area contributed by atoms with E-state index in [1.807, 2.05) is 0 Å². The number of hydrogen-bond donors (Lipinski definition) is 1. The molecule has 0 spiro atoms. The number of nitrogens with zero attached hydrogens (tertiary/aromatic N) is 1. The van der Waals surface area contributed by atoms with Crippen molar-refractivity contribution in [2.75, 3.05) is 19.6 Å². The van der Waals surface area contributed by atoms with Crippen LogP contribution in [0.3, 0.4) is 0 Å². The molecule has 1 fully saturated rings. The molecular weight excluding hydrogens is 399 g/mol. The minimum absolute atomic E-state index is 0.0601. The largest absolute Gasteiger partial charge is 0.299 e. The number of rotatable bonds is 5. The topological polar surface area (TPSA) is 49.4 Å². The molecule has 1 aromatic rings. The second-order valence-corrected chi connectivity index (χ2v) is 8.41. The number of likely N-dealkylation sites (N-methyl/N-ethyl adjacent to an activating group) is 1. The molecule has 0 saturated carbocycles. The maximum absolute atomic E-state index is 12.4. The van der Waals surface area contributed by atoms with Crippen LogP contribution in [0.25, 0.3) is 0 Å². The van der Waals surface area contributed by atoms with Gasteiger partial charge in [0.25, 0.3) is 0 Å². The lowest BCUT2D eigenvalue weighted by atomic mass is 10.2. The second kappa shape index (κ2) is 7.15. The molecule has 2 rings (SSSR count). The summed E-state index contributed by atoms with van der Waals surface area (Å²) in [5.41, 5.74) is 0.